The molecule has 1 aromatic carbocycles. The van der Waals surface area contributed by atoms with Gasteiger partial charge in [0.25, 0.3) is 0 Å². The lowest BCUT2D eigenvalue weighted by atomic mass is 10.3. The first-order valence-corrected chi connectivity index (χ1v) is 11.0. The van der Waals surface area contributed by atoms with Gasteiger partial charge in [-0.2, -0.15) is 0 Å². The number of benzene rings is 1. The molecular formula is C22H32N4O4S. The van der Waals surface area contributed by atoms with E-state index in [1.54, 1.807) is 12.1 Å². The maximum Gasteiger partial charge on any atom is 0.305 e. The minimum Gasteiger partial charge on any atom is -0.494 e. The Balaban J connectivity index is 1.68. The zero-order valence-corrected chi connectivity index (χ0v) is 19.2. The summed E-state index contributed by atoms with van der Waals surface area (Å²) < 4.78 is 16.6. The van der Waals surface area contributed by atoms with Gasteiger partial charge < -0.3 is 24.1 Å². The molecule has 0 atom stereocenters. The summed E-state index contributed by atoms with van der Waals surface area (Å²) in [6.07, 6.45) is 0.966. The van der Waals surface area contributed by atoms with Crippen LogP contribution in [0.3, 0.4) is 0 Å². The van der Waals surface area contributed by atoms with Gasteiger partial charge in [-0.1, -0.05) is 13.8 Å². The van der Waals surface area contributed by atoms with Gasteiger partial charge in [0, 0.05) is 6.54 Å². The number of hydrogen-bond donors (Lipinski definition) is 3. The summed E-state index contributed by atoms with van der Waals surface area (Å²) in [5.74, 6) is 1.76. The zero-order chi connectivity index (χ0) is 22.5. The fourth-order valence-electron chi connectivity index (χ4n) is 2.79. The first kappa shape index (κ1) is 24.5. The number of amides is 1. The van der Waals surface area contributed by atoms with Gasteiger partial charge in [-0.25, -0.2) is 0 Å². The van der Waals surface area contributed by atoms with E-state index in [4.69, 9.17) is 26.1 Å². The van der Waals surface area contributed by atoms with E-state index in [9.17, 15) is 4.79 Å². The maximum atomic E-state index is 12.2. The Bertz CT molecular complexity index is 806. The van der Waals surface area contributed by atoms with Gasteiger partial charge in [0.1, 0.15) is 23.9 Å². The second-order valence-corrected chi connectivity index (χ2v) is 7.08. The predicted molar refractivity (Wildman–Crippen MR) is 124 cm³/mol. The normalized spacial score (nSPS) is 10.6. The number of nitrogens with zero attached hydrogens (tertiary/aromatic N) is 1. The van der Waals surface area contributed by atoms with Gasteiger partial charge in [-0.05, 0) is 81.6 Å². The largest absolute Gasteiger partial charge is 0.494 e. The van der Waals surface area contributed by atoms with Crippen LogP contribution in [0.1, 0.15) is 43.5 Å². The van der Waals surface area contributed by atoms with Crippen LogP contribution in [0.2, 0.25) is 0 Å². The van der Waals surface area contributed by atoms with E-state index in [0.29, 0.717) is 23.2 Å². The molecule has 0 bridgehead atoms. The van der Waals surface area contributed by atoms with E-state index in [1.807, 2.05) is 31.2 Å². The van der Waals surface area contributed by atoms with Gasteiger partial charge in [-0.15, -0.1) is 0 Å². The van der Waals surface area contributed by atoms with E-state index < -0.39 is 5.91 Å². The van der Waals surface area contributed by atoms with Gasteiger partial charge in [0.05, 0.1) is 6.61 Å². The van der Waals surface area contributed by atoms with Crippen LogP contribution < -0.4 is 25.6 Å². The fraction of sp³-hybridized carbons (Fsp3) is 0.455. The van der Waals surface area contributed by atoms with Crippen molar-refractivity contribution in [3.05, 3.63) is 47.9 Å². The Morgan fingerprint density at radius 3 is 2.32 bits per heavy atom. The number of furan rings is 1. The molecule has 0 aliphatic heterocycles. The van der Waals surface area contributed by atoms with Gasteiger partial charge >= 0.3 is 5.91 Å². The SMILES string of the molecule is CCOc1ccc(OCc2ccc(C(=O)NNC(=S)NCCCN(CC)CC)o2)cc1. The third-order valence-electron chi connectivity index (χ3n) is 4.52. The second-order valence-electron chi connectivity index (χ2n) is 6.67. The number of carbonyl (C=O) groups excluding carboxylic acids is 1. The molecule has 170 valence electrons. The van der Waals surface area contributed by atoms with Crippen molar-refractivity contribution in [1.29, 1.82) is 0 Å². The minimum absolute atomic E-state index is 0.169. The lowest BCUT2D eigenvalue weighted by molar-refractivity contribution is 0.0911. The average Bonchev–Trinajstić information content (AvgIpc) is 3.26. The van der Waals surface area contributed by atoms with Gasteiger partial charge in [0.2, 0.25) is 0 Å². The smallest absolute Gasteiger partial charge is 0.305 e. The van der Waals surface area contributed by atoms with E-state index in [0.717, 1.165) is 38.3 Å². The van der Waals surface area contributed by atoms with E-state index in [2.05, 4.69) is 34.9 Å². The first-order chi connectivity index (χ1) is 15.0. The number of hydrazine groups is 1. The van der Waals surface area contributed by atoms with Crippen LogP contribution in [0.15, 0.2) is 40.8 Å². The highest BCUT2D eigenvalue weighted by Gasteiger charge is 2.12. The van der Waals surface area contributed by atoms with Crippen molar-refractivity contribution < 1.29 is 18.7 Å². The molecule has 2 aromatic rings. The summed E-state index contributed by atoms with van der Waals surface area (Å²) >= 11 is 5.17. The first-order valence-electron chi connectivity index (χ1n) is 10.6. The molecule has 0 saturated carbocycles. The molecule has 0 saturated heterocycles. The van der Waals surface area contributed by atoms with Crippen LogP contribution in [0.4, 0.5) is 0 Å². The molecule has 0 spiro atoms. The Morgan fingerprint density at radius 2 is 1.68 bits per heavy atom. The van der Waals surface area contributed by atoms with Crippen LogP contribution >= 0.6 is 12.2 Å². The summed E-state index contributed by atoms with van der Waals surface area (Å²) in [5, 5.41) is 3.43. The predicted octanol–water partition coefficient (Wildman–Crippen LogP) is 3.10. The van der Waals surface area contributed by atoms with Crippen LogP contribution in [0.25, 0.3) is 0 Å². The van der Waals surface area contributed by atoms with Crippen molar-refractivity contribution in [2.24, 2.45) is 0 Å². The molecule has 0 aliphatic carbocycles. The third kappa shape index (κ3) is 8.85. The van der Waals surface area contributed by atoms with E-state index in [1.165, 1.54) is 0 Å². The molecule has 2 rings (SSSR count). The monoisotopic (exact) mass is 448 g/mol. The molecule has 1 heterocycles. The average molecular weight is 449 g/mol. The highest BCUT2D eigenvalue weighted by atomic mass is 32.1. The number of ether oxygens (including phenoxy) is 2. The summed E-state index contributed by atoms with van der Waals surface area (Å²) in [6, 6.07) is 10.6. The summed E-state index contributed by atoms with van der Waals surface area (Å²) in [4.78, 5) is 14.6. The molecule has 0 radical (unpaired) electrons. The zero-order valence-electron chi connectivity index (χ0n) is 18.4. The highest BCUT2D eigenvalue weighted by Crippen LogP contribution is 2.19. The summed E-state index contributed by atoms with van der Waals surface area (Å²) in [7, 11) is 0. The topological polar surface area (TPSA) is 88.0 Å². The lowest BCUT2D eigenvalue weighted by Gasteiger charge is -2.18. The molecular weight excluding hydrogens is 416 g/mol. The third-order valence-corrected chi connectivity index (χ3v) is 4.77. The highest BCUT2D eigenvalue weighted by molar-refractivity contribution is 7.80. The number of thiocarbonyl (C=S) groups is 1. The molecule has 1 aromatic heterocycles. The molecule has 1 amide bonds. The fourth-order valence-corrected chi connectivity index (χ4v) is 2.95. The van der Waals surface area contributed by atoms with Crippen molar-refractivity contribution in [1.82, 2.24) is 21.1 Å². The Morgan fingerprint density at radius 1 is 1.00 bits per heavy atom. The molecule has 9 heteroatoms. The summed E-state index contributed by atoms with van der Waals surface area (Å²) in [6.45, 7) is 10.8. The van der Waals surface area contributed by atoms with Gasteiger partial charge in [-0.3, -0.25) is 15.6 Å². The second kappa shape index (κ2) is 13.5. The lowest BCUT2D eigenvalue weighted by Crippen LogP contribution is -2.47. The maximum absolute atomic E-state index is 12.2. The number of carbonyl (C=O) groups is 1. The van der Waals surface area contributed by atoms with Crippen molar-refractivity contribution in [3.63, 3.8) is 0 Å². The van der Waals surface area contributed by atoms with Crippen LogP contribution in [-0.4, -0.2) is 48.7 Å². The standard InChI is InChI=1S/C22H32N4O4S/c1-4-26(5-2)15-7-14-23-22(31)25-24-21(27)20-13-12-19(30-20)16-29-18-10-8-17(9-11-18)28-6-3/h8-13H,4-7,14-16H2,1-3H3,(H,24,27)(H2,23,25,31). The molecule has 8 nitrogen and oxygen atoms in total. The number of hydrogen-bond acceptors (Lipinski definition) is 6. The van der Waals surface area contributed by atoms with Crippen molar-refractivity contribution in [3.8, 4) is 11.5 Å². The molecule has 0 fully saturated rings. The molecule has 0 unspecified atom stereocenters. The minimum atomic E-state index is -0.417. The van der Waals surface area contributed by atoms with Crippen molar-refractivity contribution >= 4 is 23.2 Å². The summed E-state index contributed by atoms with van der Waals surface area (Å²) in [5.41, 5.74) is 5.21. The van der Waals surface area contributed by atoms with Crippen LogP contribution in [-0.2, 0) is 6.61 Å². The van der Waals surface area contributed by atoms with E-state index in [-0.39, 0.29) is 12.4 Å². The van der Waals surface area contributed by atoms with Crippen molar-refractivity contribution in [2.75, 3.05) is 32.8 Å². The molecule has 0 aliphatic rings. The quantitative estimate of drug-likeness (QED) is 0.259. The Labute approximate surface area is 189 Å². The van der Waals surface area contributed by atoms with E-state index >= 15 is 0 Å². The van der Waals surface area contributed by atoms with Gasteiger partial charge in [0.15, 0.2) is 10.9 Å². The molecule has 31 heavy (non-hydrogen) atoms. The van der Waals surface area contributed by atoms with Crippen molar-refractivity contribution in [2.45, 2.75) is 33.8 Å². The Kier molecular flexibility index (Phi) is 10.7. The van der Waals surface area contributed by atoms with Crippen LogP contribution in [0.5, 0.6) is 11.5 Å². The molecule has 3 N–H and O–H groups in total. The number of nitrogens with one attached hydrogen (secondary N) is 3. The van der Waals surface area contributed by atoms with Crippen LogP contribution in [0, 0.1) is 0 Å². The Hall–Kier alpha value is -2.78. The number of rotatable bonds is 12.